The van der Waals surface area contributed by atoms with Crippen molar-refractivity contribution in [1.82, 2.24) is 14.2 Å². The second-order valence-corrected chi connectivity index (χ2v) is 8.29. The van der Waals surface area contributed by atoms with Crippen molar-refractivity contribution in [3.63, 3.8) is 0 Å². The molecule has 6 nitrogen and oxygen atoms in total. The summed E-state index contributed by atoms with van der Waals surface area (Å²) in [5.41, 5.74) is 0.0181. The number of pyridine rings is 1. The number of hydrogen-bond donors (Lipinski definition) is 0. The van der Waals surface area contributed by atoms with Crippen molar-refractivity contribution in [2.75, 3.05) is 26.2 Å². The standard InChI is InChI=1S/C16H14Cl2FN3O3S/c17-11-5-6-14(18)20-15(11)16(23)21-7-9-22(10-8-21)26(24,25)13-4-2-1-3-12(13)19/h1-6H,7-10H2. The molecule has 1 amide bonds. The molecule has 0 spiro atoms. The Balaban J connectivity index is 1.74. The van der Waals surface area contributed by atoms with Gasteiger partial charge in [-0.1, -0.05) is 35.3 Å². The number of carbonyl (C=O) groups is 1. The Labute approximate surface area is 160 Å². The molecular formula is C16H14Cl2FN3O3S. The first-order chi connectivity index (χ1) is 12.3. The van der Waals surface area contributed by atoms with Crippen LogP contribution in [0.3, 0.4) is 0 Å². The van der Waals surface area contributed by atoms with Crippen LogP contribution >= 0.6 is 23.2 Å². The summed E-state index contributed by atoms with van der Waals surface area (Å²) in [5, 5.41) is 0.305. The van der Waals surface area contributed by atoms with E-state index in [9.17, 15) is 17.6 Å². The van der Waals surface area contributed by atoms with Crippen LogP contribution in [0.5, 0.6) is 0 Å². The van der Waals surface area contributed by atoms with E-state index < -0.39 is 21.7 Å². The lowest BCUT2D eigenvalue weighted by atomic mass is 10.3. The van der Waals surface area contributed by atoms with Crippen LogP contribution in [0.25, 0.3) is 0 Å². The highest BCUT2D eigenvalue weighted by Crippen LogP contribution is 2.22. The zero-order valence-corrected chi connectivity index (χ0v) is 15.7. The van der Waals surface area contributed by atoms with E-state index in [1.165, 1.54) is 35.2 Å². The fraction of sp³-hybridized carbons (Fsp3) is 0.250. The van der Waals surface area contributed by atoms with Crippen molar-refractivity contribution in [3.8, 4) is 0 Å². The predicted molar refractivity (Wildman–Crippen MR) is 95.3 cm³/mol. The van der Waals surface area contributed by atoms with Gasteiger partial charge < -0.3 is 4.90 Å². The van der Waals surface area contributed by atoms with E-state index >= 15 is 0 Å². The van der Waals surface area contributed by atoms with Crippen molar-refractivity contribution in [3.05, 3.63) is 58.1 Å². The highest BCUT2D eigenvalue weighted by molar-refractivity contribution is 7.89. The van der Waals surface area contributed by atoms with Gasteiger partial charge in [0.25, 0.3) is 5.91 Å². The van der Waals surface area contributed by atoms with Gasteiger partial charge in [0, 0.05) is 26.2 Å². The highest BCUT2D eigenvalue weighted by atomic mass is 35.5. The third-order valence-electron chi connectivity index (χ3n) is 3.99. The van der Waals surface area contributed by atoms with E-state index in [0.29, 0.717) is 0 Å². The van der Waals surface area contributed by atoms with Crippen LogP contribution in [0.15, 0.2) is 41.3 Å². The number of hydrogen-bond acceptors (Lipinski definition) is 4. The quantitative estimate of drug-likeness (QED) is 0.719. The summed E-state index contributed by atoms with van der Waals surface area (Å²) in [6.45, 7) is 0.356. The molecule has 0 radical (unpaired) electrons. The van der Waals surface area contributed by atoms with Crippen molar-refractivity contribution in [2.45, 2.75) is 4.90 Å². The zero-order chi connectivity index (χ0) is 18.9. The number of amides is 1. The predicted octanol–water partition coefficient (Wildman–Crippen LogP) is 2.67. The third-order valence-corrected chi connectivity index (χ3v) is 6.44. The van der Waals surface area contributed by atoms with Crippen LogP contribution < -0.4 is 0 Å². The average Bonchev–Trinajstić information content (AvgIpc) is 2.63. The van der Waals surface area contributed by atoms with Crippen LogP contribution in [0.2, 0.25) is 10.2 Å². The molecule has 0 saturated carbocycles. The first kappa shape index (κ1) is 19.0. The highest BCUT2D eigenvalue weighted by Gasteiger charge is 2.32. The summed E-state index contributed by atoms with van der Waals surface area (Å²) in [7, 11) is -3.96. The molecule has 10 heteroatoms. The maximum atomic E-state index is 13.8. The summed E-state index contributed by atoms with van der Waals surface area (Å²) < 4.78 is 40.2. The molecule has 26 heavy (non-hydrogen) atoms. The molecule has 2 heterocycles. The van der Waals surface area contributed by atoms with E-state index in [-0.39, 0.29) is 46.9 Å². The van der Waals surface area contributed by atoms with Gasteiger partial charge in [0.05, 0.1) is 5.02 Å². The molecule has 0 N–H and O–H groups in total. The van der Waals surface area contributed by atoms with Crippen LogP contribution in [0, 0.1) is 5.82 Å². The van der Waals surface area contributed by atoms with Crippen molar-refractivity contribution in [2.24, 2.45) is 0 Å². The van der Waals surface area contributed by atoms with Gasteiger partial charge in [-0.05, 0) is 24.3 Å². The molecule has 1 fully saturated rings. The topological polar surface area (TPSA) is 70.6 Å². The minimum absolute atomic E-state index is 0.0181. The summed E-state index contributed by atoms with van der Waals surface area (Å²) >= 11 is 11.8. The molecule has 0 atom stereocenters. The van der Waals surface area contributed by atoms with Crippen LogP contribution in [-0.4, -0.2) is 54.7 Å². The fourth-order valence-electron chi connectivity index (χ4n) is 2.64. The van der Waals surface area contributed by atoms with Gasteiger partial charge >= 0.3 is 0 Å². The van der Waals surface area contributed by atoms with E-state index in [4.69, 9.17) is 23.2 Å². The molecule has 1 aromatic heterocycles. The normalized spacial score (nSPS) is 15.9. The lowest BCUT2D eigenvalue weighted by Gasteiger charge is -2.34. The monoisotopic (exact) mass is 417 g/mol. The number of sulfonamides is 1. The summed E-state index contributed by atoms with van der Waals surface area (Å²) in [4.78, 5) is 17.5. The Morgan fingerprint density at radius 3 is 2.35 bits per heavy atom. The average molecular weight is 418 g/mol. The number of piperazine rings is 1. The molecule has 1 aromatic carbocycles. The van der Waals surface area contributed by atoms with Gasteiger partial charge in [-0.25, -0.2) is 17.8 Å². The summed E-state index contributed by atoms with van der Waals surface area (Å²) in [6.07, 6.45) is 0. The Kier molecular flexibility index (Phi) is 5.47. The van der Waals surface area contributed by atoms with Gasteiger partial charge in [-0.15, -0.1) is 0 Å². The molecule has 0 aliphatic carbocycles. The van der Waals surface area contributed by atoms with Crippen LogP contribution in [0.1, 0.15) is 10.5 Å². The minimum atomic E-state index is -3.96. The van der Waals surface area contributed by atoms with Crippen molar-refractivity contribution >= 4 is 39.1 Å². The number of carbonyl (C=O) groups excluding carboxylic acids is 1. The molecule has 2 aromatic rings. The zero-order valence-electron chi connectivity index (χ0n) is 13.4. The van der Waals surface area contributed by atoms with E-state index in [1.807, 2.05) is 0 Å². The first-order valence-electron chi connectivity index (χ1n) is 7.66. The van der Waals surface area contributed by atoms with Gasteiger partial charge in [0.1, 0.15) is 21.6 Å². The molecule has 1 aliphatic heterocycles. The van der Waals surface area contributed by atoms with Crippen molar-refractivity contribution < 1.29 is 17.6 Å². The van der Waals surface area contributed by atoms with Crippen LogP contribution in [0.4, 0.5) is 4.39 Å². The second-order valence-electron chi connectivity index (χ2n) is 5.59. The number of rotatable bonds is 3. The smallest absolute Gasteiger partial charge is 0.274 e. The fourth-order valence-corrected chi connectivity index (χ4v) is 4.46. The Morgan fingerprint density at radius 1 is 1.04 bits per heavy atom. The van der Waals surface area contributed by atoms with E-state index in [2.05, 4.69) is 4.98 Å². The van der Waals surface area contributed by atoms with Crippen LogP contribution in [-0.2, 0) is 10.0 Å². The Bertz CT molecular complexity index is 948. The summed E-state index contributed by atoms with van der Waals surface area (Å²) in [5.74, 6) is -1.23. The lowest BCUT2D eigenvalue weighted by Crippen LogP contribution is -2.50. The molecule has 138 valence electrons. The lowest BCUT2D eigenvalue weighted by molar-refractivity contribution is 0.0692. The van der Waals surface area contributed by atoms with Gasteiger partial charge in [-0.3, -0.25) is 4.79 Å². The van der Waals surface area contributed by atoms with Gasteiger partial charge in [0.2, 0.25) is 10.0 Å². The second kappa shape index (κ2) is 7.48. The van der Waals surface area contributed by atoms with Gasteiger partial charge in [0.15, 0.2) is 0 Å². The van der Waals surface area contributed by atoms with E-state index in [1.54, 1.807) is 0 Å². The number of halogens is 3. The SMILES string of the molecule is O=C(c1nc(Cl)ccc1Cl)N1CCN(S(=O)(=O)c2ccccc2F)CC1. The number of aromatic nitrogens is 1. The van der Waals surface area contributed by atoms with Gasteiger partial charge in [-0.2, -0.15) is 4.31 Å². The minimum Gasteiger partial charge on any atom is -0.335 e. The molecular weight excluding hydrogens is 404 g/mol. The number of benzene rings is 1. The summed E-state index contributed by atoms with van der Waals surface area (Å²) in [6, 6.07) is 8.15. The Hall–Kier alpha value is -1.74. The molecule has 0 bridgehead atoms. The maximum Gasteiger partial charge on any atom is 0.274 e. The number of nitrogens with zero attached hydrogens (tertiary/aromatic N) is 3. The van der Waals surface area contributed by atoms with E-state index in [0.717, 1.165) is 10.4 Å². The molecule has 3 rings (SSSR count). The molecule has 0 unspecified atom stereocenters. The third kappa shape index (κ3) is 3.68. The van der Waals surface area contributed by atoms with Crippen molar-refractivity contribution in [1.29, 1.82) is 0 Å². The first-order valence-corrected chi connectivity index (χ1v) is 9.86. The molecule has 1 saturated heterocycles. The maximum absolute atomic E-state index is 13.8. The Morgan fingerprint density at radius 2 is 1.69 bits per heavy atom. The largest absolute Gasteiger partial charge is 0.335 e. The molecule has 1 aliphatic rings.